The molecule has 7 nitrogen and oxygen atoms in total. The van der Waals surface area contributed by atoms with Crippen molar-refractivity contribution < 1.29 is 19.7 Å². The zero-order valence-electron chi connectivity index (χ0n) is 14.3. The summed E-state index contributed by atoms with van der Waals surface area (Å²) in [4.78, 5) is 2.54. The predicted molar refractivity (Wildman–Crippen MR) is 91.1 cm³/mol. The first kappa shape index (κ1) is 16.9. The molecule has 3 N–H and O–H groups in total. The first-order valence-electron chi connectivity index (χ1n) is 8.14. The lowest BCUT2D eigenvalue weighted by Crippen LogP contribution is -2.56. The molecule has 0 aromatic heterocycles. The molecule has 24 heavy (non-hydrogen) atoms. The van der Waals surface area contributed by atoms with Gasteiger partial charge in [-0.2, -0.15) is 5.10 Å². The molecule has 0 spiro atoms. The Morgan fingerprint density at radius 1 is 1.04 bits per heavy atom. The Morgan fingerprint density at radius 2 is 1.75 bits per heavy atom. The second-order valence-electron chi connectivity index (χ2n) is 6.32. The van der Waals surface area contributed by atoms with Crippen molar-refractivity contribution in [3.63, 3.8) is 0 Å². The molecule has 3 fully saturated rings. The molecule has 2 atom stereocenters. The van der Waals surface area contributed by atoms with Gasteiger partial charge >= 0.3 is 0 Å². The summed E-state index contributed by atoms with van der Waals surface area (Å²) in [7, 11) is 4.95. The van der Waals surface area contributed by atoms with Crippen LogP contribution >= 0.6 is 0 Å². The number of methoxy groups -OCH3 is 3. The average molecular weight is 335 g/mol. The van der Waals surface area contributed by atoms with Crippen LogP contribution in [0.1, 0.15) is 24.4 Å². The third kappa shape index (κ3) is 2.31. The van der Waals surface area contributed by atoms with Crippen molar-refractivity contribution in [2.75, 3.05) is 34.4 Å². The SMILES string of the molecule is COc1ccc(C2NN=C3C4CCN(CC4)C32)c(OC)c1OC.O. The van der Waals surface area contributed by atoms with Gasteiger partial charge in [0.15, 0.2) is 11.5 Å². The smallest absolute Gasteiger partial charge is 0.203 e. The third-order valence-electron chi connectivity index (χ3n) is 5.36. The van der Waals surface area contributed by atoms with E-state index >= 15 is 0 Å². The van der Waals surface area contributed by atoms with E-state index in [0.717, 1.165) is 24.4 Å². The van der Waals surface area contributed by atoms with Crippen LogP contribution in [-0.2, 0) is 0 Å². The topological polar surface area (TPSA) is 86.8 Å². The molecule has 5 rings (SSSR count). The highest BCUT2D eigenvalue weighted by atomic mass is 16.5. The number of ether oxygens (including phenoxy) is 3. The molecule has 0 amide bonds. The van der Waals surface area contributed by atoms with Crippen LogP contribution in [0.5, 0.6) is 17.2 Å². The lowest BCUT2D eigenvalue weighted by molar-refractivity contribution is 0.133. The Labute approximate surface area is 141 Å². The van der Waals surface area contributed by atoms with Crippen LogP contribution in [0.3, 0.4) is 0 Å². The average Bonchev–Trinajstić information content (AvgIpc) is 3.08. The molecule has 0 aliphatic carbocycles. The fraction of sp³-hybridized carbons (Fsp3) is 0.588. The maximum atomic E-state index is 5.67. The number of rotatable bonds is 4. The highest BCUT2D eigenvalue weighted by Crippen LogP contribution is 2.46. The highest BCUT2D eigenvalue weighted by Gasteiger charge is 2.47. The molecule has 4 heterocycles. The van der Waals surface area contributed by atoms with Crippen LogP contribution in [0.4, 0.5) is 0 Å². The molecule has 0 saturated carbocycles. The number of hydrogen-bond donors (Lipinski definition) is 1. The van der Waals surface area contributed by atoms with E-state index in [0.29, 0.717) is 23.5 Å². The number of fused-ring (bicyclic) bond motifs is 2. The second-order valence-corrected chi connectivity index (χ2v) is 6.32. The molecule has 4 aliphatic heterocycles. The van der Waals surface area contributed by atoms with E-state index in [1.165, 1.54) is 18.6 Å². The first-order valence-corrected chi connectivity index (χ1v) is 8.14. The maximum absolute atomic E-state index is 5.67. The summed E-state index contributed by atoms with van der Waals surface area (Å²) in [5.74, 6) is 2.67. The molecule has 2 bridgehead atoms. The van der Waals surface area contributed by atoms with Crippen LogP contribution < -0.4 is 19.6 Å². The molecule has 7 heteroatoms. The van der Waals surface area contributed by atoms with Crippen LogP contribution in [0.15, 0.2) is 17.2 Å². The van der Waals surface area contributed by atoms with Gasteiger partial charge in [0.05, 0.1) is 39.1 Å². The van der Waals surface area contributed by atoms with Gasteiger partial charge in [0.2, 0.25) is 5.75 Å². The van der Waals surface area contributed by atoms with E-state index < -0.39 is 0 Å². The first-order chi connectivity index (χ1) is 11.3. The largest absolute Gasteiger partial charge is 0.493 e. The zero-order chi connectivity index (χ0) is 16.0. The van der Waals surface area contributed by atoms with Gasteiger partial charge in [-0.3, -0.25) is 4.90 Å². The standard InChI is InChI=1S/C17H23N3O3.H2O/c1-21-12-5-4-11(16(22-2)17(12)23-3)14-15-13(18-19-14)10-6-8-20(15)9-7-10;/h4-5,10,14-15,19H,6-9H2,1-3H3;1H2. The van der Waals surface area contributed by atoms with Crippen molar-refractivity contribution >= 4 is 5.71 Å². The van der Waals surface area contributed by atoms with Crippen LogP contribution in [0, 0.1) is 5.92 Å². The number of benzene rings is 1. The summed E-state index contributed by atoms with van der Waals surface area (Å²) in [5.41, 5.74) is 5.73. The minimum atomic E-state index is 0. The molecule has 0 radical (unpaired) electrons. The van der Waals surface area contributed by atoms with Gasteiger partial charge in [-0.05, 0) is 38.1 Å². The highest BCUT2D eigenvalue weighted by molar-refractivity contribution is 5.95. The lowest BCUT2D eigenvalue weighted by Gasteiger charge is -2.45. The van der Waals surface area contributed by atoms with Crippen molar-refractivity contribution in [3.8, 4) is 17.2 Å². The summed E-state index contributed by atoms with van der Waals surface area (Å²) in [6, 6.07) is 4.42. The molecular weight excluding hydrogens is 310 g/mol. The molecule has 4 aliphatic rings. The van der Waals surface area contributed by atoms with Crippen LogP contribution in [0.25, 0.3) is 0 Å². The minimum absolute atomic E-state index is 0. The fourth-order valence-electron chi connectivity index (χ4n) is 4.26. The number of piperidine rings is 3. The second kappa shape index (κ2) is 6.49. The van der Waals surface area contributed by atoms with Crippen molar-refractivity contribution in [2.24, 2.45) is 11.0 Å². The number of hydrazone groups is 1. The quantitative estimate of drug-likeness (QED) is 0.886. The van der Waals surface area contributed by atoms with Gasteiger partial charge in [-0.1, -0.05) is 0 Å². The Balaban J connectivity index is 0.00000169. The van der Waals surface area contributed by atoms with Gasteiger partial charge in [0, 0.05) is 11.5 Å². The van der Waals surface area contributed by atoms with Gasteiger partial charge in [0.1, 0.15) is 0 Å². The Hall–Kier alpha value is -1.99. The predicted octanol–water partition coefficient (Wildman–Crippen LogP) is 0.982. The van der Waals surface area contributed by atoms with Crippen molar-refractivity contribution in [1.29, 1.82) is 0 Å². The Kier molecular flexibility index (Phi) is 4.56. The minimum Gasteiger partial charge on any atom is -0.493 e. The number of hydrogen-bond acceptors (Lipinski definition) is 6. The number of nitrogens with zero attached hydrogens (tertiary/aromatic N) is 2. The van der Waals surface area contributed by atoms with Gasteiger partial charge in [0.25, 0.3) is 0 Å². The summed E-state index contributed by atoms with van der Waals surface area (Å²) >= 11 is 0. The summed E-state index contributed by atoms with van der Waals surface area (Å²) < 4.78 is 16.6. The summed E-state index contributed by atoms with van der Waals surface area (Å²) in [5, 5.41) is 4.67. The van der Waals surface area contributed by atoms with E-state index in [1.807, 2.05) is 6.07 Å². The zero-order valence-corrected chi connectivity index (χ0v) is 14.3. The van der Waals surface area contributed by atoms with Crippen molar-refractivity contribution in [2.45, 2.75) is 24.9 Å². The van der Waals surface area contributed by atoms with E-state index in [9.17, 15) is 0 Å². The van der Waals surface area contributed by atoms with Crippen molar-refractivity contribution in [1.82, 2.24) is 10.3 Å². The van der Waals surface area contributed by atoms with Gasteiger partial charge < -0.3 is 25.1 Å². The van der Waals surface area contributed by atoms with Gasteiger partial charge in [-0.15, -0.1) is 0 Å². The van der Waals surface area contributed by atoms with E-state index in [4.69, 9.17) is 14.2 Å². The molecule has 2 unspecified atom stereocenters. The molecule has 1 aromatic rings. The van der Waals surface area contributed by atoms with Crippen LogP contribution in [-0.4, -0.2) is 56.5 Å². The Morgan fingerprint density at radius 3 is 2.38 bits per heavy atom. The summed E-state index contributed by atoms with van der Waals surface area (Å²) in [6.07, 6.45) is 2.46. The third-order valence-corrected chi connectivity index (χ3v) is 5.36. The maximum Gasteiger partial charge on any atom is 0.203 e. The molecular formula is C17H25N3O4. The van der Waals surface area contributed by atoms with E-state index in [-0.39, 0.29) is 11.5 Å². The van der Waals surface area contributed by atoms with Crippen molar-refractivity contribution in [3.05, 3.63) is 17.7 Å². The Bertz CT molecular complexity index is 641. The van der Waals surface area contributed by atoms with E-state index in [1.54, 1.807) is 21.3 Å². The van der Waals surface area contributed by atoms with Gasteiger partial charge in [-0.25, -0.2) is 0 Å². The van der Waals surface area contributed by atoms with Crippen LogP contribution in [0.2, 0.25) is 0 Å². The fourth-order valence-corrected chi connectivity index (χ4v) is 4.26. The molecule has 132 valence electrons. The normalized spacial score (nSPS) is 29.9. The molecule has 3 saturated heterocycles. The summed E-state index contributed by atoms with van der Waals surface area (Å²) in [6.45, 7) is 2.31. The van der Waals surface area contributed by atoms with E-state index in [2.05, 4.69) is 21.5 Å². The molecule has 1 aromatic carbocycles. The lowest BCUT2D eigenvalue weighted by atomic mass is 9.78. The number of nitrogens with one attached hydrogen (secondary N) is 1. The monoisotopic (exact) mass is 335 g/mol.